The molecule has 0 aliphatic carbocycles. The Morgan fingerprint density at radius 3 is 2.25 bits per heavy atom. The number of hydrazone groups is 1. The van der Waals surface area contributed by atoms with Gasteiger partial charge in [-0.3, -0.25) is 5.01 Å². The third-order valence-electron chi connectivity index (χ3n) is 4.60. The topological polar surface area (TPSA) is 15.6 Å². The number of anilines is 1. The summed E-state index contributed by atoms with van der Waals surface area (Å²) >= 11 is 13.2. The van der Waals surface area contributed by atoms with Gasteiger partial charge in [0.05, 0.1) is 17.4 Å². The Labute approximate surface area is 186 Å². The Balaban J connectivity index is 1.65. The van der Waals surface area contributed by atoms with E-state index in [0.29, 0.717) is 5.02 Å². The molecule has 0 spiro atoms. The molecule has 0 N–H and O–H groups in total. The molecule has 3 aromatic carbocycles. The number of allylic oxidation sites excluding steroid dienone is 1. The molecule has 0 aromatic heterocycles. The summed E-state index contributed by atoms with van der Waals surface area (Å²) in [7, 11) is 0. The van der Waals surface area contributed by atoms with Crippen LogP contribution in [0.15, 0.2) is 92.9 Å². The Hall–Kier alpha value is -1.88. The van der Waals surface area contributed by atoms with Crippen LogP contribution in [0.4, 0.5) is 5.69 Å². The molecule has 5 heteroatoms. The van der Waals surface area contributed by atoms with Gasteiger partial charge in [-0.05, 0) is 59.7 Å². The van der Waals surface area contributed by atoms with Crippen LogP contribution in [-0.2, 0) is 0 Å². The molecule has 1 heterocycles. The first-order valence-corrected chi connectivity index (χ1v) is 10.9. The third kappa shape index (κ3) is 4.57. The van der Waals surface area contributed by atoms with Crippen molar-refractivity contribution in [1.82, 2.24) is 0 Å². The smallest absolute Gasteiger partial charge is 0.0831 e. The van der Waals surface area contributed by atoms with Gasteiger partial charge in [0.15, 0.2) is 0 Å². The Morgan fingerprint density at radius 1 is 0.893 bits per heavy atom. The lowest BCUT2D eigenvalue weighted by Gasteiger charge is -2.24. The highest BCUT2D eigenvalue weighted by Crippen LogP contribution is 2.36. The summed E-state index contributed by atoms with van der Waals surface area (Å²) in [5.74, 6) is 0. The quantitative estimate of drug-likeness (QED) is 0.344. The van der Waals surface area contributed by atoms with E-state index >= 15 is 0 Å². The molecule has 0 fully saturated rings. The number of rotatable bonds is 4. The van der Waals surface area contributed by atoms with E-state index in [-0.39, 0.29) is 6.04 Å². The molecule has 0 unspecified atom stereocenters. The van der Waals surface area contributed by atoms with Crippen molar-refractivity contribution in [2.75, 3.05) is 5.01 Å². The van der Waals surface area contributed by atoms with Gasteiger partial charge in [-0.25, -0.2) is 0 Å². The minimum atomic E-state index is 0.135. The summed E-state index contributed by atoms with van der Waals surface area (Å²) in [5, 5.41) is 7.67. The summed E-state index contributed by atoms with van der Waals surface area (Å²) in [5.41, 5.74) is 4.40. The fraction of sp³-hybridized carbons (Fsp3) is 0.0870. The largest absolute Gasteiger partial charge is 0.257 e. The van der Waals surface area contributed by atoms with E-state index in [9.17, 15) is 0 Å². The van der Waals surface area contributed by atoms with Crippen LogP contribution >= 0.6 is 43.5 Å². The molecule has 3 aromatic rings. The van der Waals surface area contributed by atoms with Gasteiger partial charge in [0, 0.05) is 20.4 Å². The van der Waals surface area contributed by atoms with Crippen molar-refractivity contribution >= 4 is 60.9 Å². The highest BCUT2D eigenvalue weighted by molar-refractivity contribution is 9.10. The minimum absolute atomic E-state index is 0.135. The molecule has 28 heavy (non-hydrogen) atoms. The third-order valence-corrected chi connectivity index (χ3v) is 5.89. The molecule has 4 rings (SSSR count). The van der Waals surface area contributed by atoms with Crippen molar-refractivity contribution in [2.24, 2.45) is 5.10 Å². The zero-order valence-electron chi connectivity index (χ0n) is 14.9. The molecule has 0 bridgehead atoms. The summed E-state index contributed by atoms with van der Waals surface area (Å²) in [4.78, 5) is 0. The highest BCUT2D eigenvalue weighted by atomic mass is 79.9. The second kappa shape index (κ2) is 8.64. The molecular formula is C23H17Br2ClN2. The first kappa shape index (κ1) is 19.4. The van der Waals surface area contributed by atoms with Crippen molar-refractivity contribution in [3.8, 4) is 0 Å². The number of nitrogens with zero attached hydrogens (tertiary/aromatic N) is 2. The zero-order valence-corrected chi connectivity index (χ0v) is 18.8. The highest BCUT2D eigenvalue weighted by Gasteiger charge is 2.28. The van der Waals surface area contributed by atoms with E-state index in [1.165, 1.54) is 5.56 Å². The lowest BCUT2D eigenvalue weighted by molar-refractivity contribution is 0.709. The van der Waals surface area contributed by atoms with Gasteiger partial charge in [-0.1, -0.05) is 79.9 Å². The monoisotopic (exact) mass is 514 g/mol. The van der Waals surface area contributed by atoms with Crippen LogP contribution in [0.3, 0.4) is 0 Å². The Morgan fingerprint density at radius 2 is 1.57 bits per heavy atom. The minimum Gasteiger partial charge on any atom is -0.257 e. The maximum absolute atomic E-state index is 6.23. The number of hydrogen-bond acceptors (Lipinski definition) is 2. The molecule has 140 valence electrons. The molecule has 0 saturated heterocycles. The SMILES string of the molecule is Clc1cccc(N2N=C(/C=C/c3ccc(Br)cc3)C[C@@H]2c2ccc(Br)cc2)c1. The summed E-state index contributed by atoms with van der Waals surface area (Å²) < 4.78 is 2.14. The van der Waals surface area contributed by atoms with E-state index < -0.39 is 0 Å². The number of hydrogen-bond donors (Lipinski definition) is 0. The molecular weight excluding hydrogens is 500 g/mol. The zero-order chi connectivity index (χ0) is 19.5. The van der Waals surface area contributed by atoms with E-state index in [1.54, 1.807) is 0 Å². The van der Waals surface area contributed by atoms with Crippen molar-refractivity contribution < 1.29 is 0 Å². The lowest BCUT2D eigenvalue weighted by atomic mass is 10.0. The Kier molecular flexibility index (Phi) is 6.00. The van der Waals surface area contributed by atoms with Crippen LogP contribution in [0.2, 0.25) is 5.02 Å². The van der Waals surface area contributed by atoms with E-state index in [2.05, 4.69) is 85.4 Å². The van der Waals surface area contributed by atoms with Gasteiger partial charge in [0.2, 0.25) is 0 Å². The van der Waals surface area contributed by atoms with Gasteiger partial charge >= 0.3 is 0 Å². The van der Waals surface area contributed by atoms with Crippen molar-refractivity contribution in [3.63, 3.8) is 0 Å². The predicted octanol–water partition coefficient (Wildman–Crippen LogP) is 7.89. The molecule has 0 amide bonds. The molecule has 0 saturated carbocycles. The fourth-order valence-electron chi connectivity index (χ4n) is 3.20. The molecule has 2 nitrogen and oxygen atoms in total. The second-order valence-electron chi connectivity index (χ2n) is 6.57. The molecule has 1 aliphatic rings. The van der Waals surface area contributed by atoms with Crippen LogP contribution in [0, 0.1) is 0 Å². The number of benzene rings is 3. The Bertz CT molecular complexity index is 1030. The summed E-state index contributed by atoms with van der Waals surface area (Å²) in [6, 6.07) is 24.6. The van der Waals surface area contributed by atoms with Crippen LogP contribution in [-0.4, -0.2) is 5.71 Å². The van der Waals surface area contributed by atoms with Crippen LogP contribution in [0.1, 0.15) is 23.6 Å². The first-order valence-electron chi connectivity index (χ1n) is 8.90. The standard InChI is InChI=1S/C23H17Br2ClN2/c24-18-9-4-16(5-10-18)6-13-21-15-23(17-7-11-19(25)12-8-17)28(27-21)22-3-1-2-20(26)14-22/h1-14,23H,15H2/b13-6+/t23-/m1/s1. The summed E-state index contributed by atoms with van der Waals surface area (Å²) in [6.07, 6.45) is 5.03. The fourth-order valence-corrected chi connectivity index (χ4v) is 3.91. The molecule has 1 atom stereocenters. The van der Waals surface area contributed by atoms with Crippen LogP contribution in [0.5, 0.6) is 0 Å². The van der Waals surface area contributed by atoms with Gasteiger partial charge in [0.25, 0.3) is 0 Å². The van der Waals surface area contributed by atoms with Crippen LogP contribution in [0.25, 0.3) is 6.08 Å². The number of halogens is 3. The van der Waals surface area contributed by atoms with Gasteiger partial charge < -0.3 is 0 Å². The van der Waals surface area contributed by atoms with Gasteiger partial charge in [0.1, 0.15) is 0 Å². The average Bonchev–Trinajstić information content (AvgIpc) is 3.12. The van der Waals surface area contributed by atoms with Gasteiger partial charge in [-0.15, -0.1) is 0 Å². The molecule has 1 aliphatic heterocycles. The average molecular weight is 517 g/mol. The van der Waals surface area contributed by atoms with Crippen molar-refractivity contribution in [1.29, 1.82) is 0 Å². The van der Waals surface area contributed by atoms with Gasteiger partial charge in [-0.2, -0.15) is 5.10 Å². The van der Waals surface area contributed by atoms with Crippen molar-refractivity contribution in [2.45, 2.75) is 12.5 Å². The van der Waals surface area contributed by atoms with Crippen molar-refractivity contribution in [3.05, 3.63) is 104 Å². The second-order valence-corrected chi connectivity index (χ2v) is 8.84. The maximum Gasteiger partial charge on any atom is 0.0831 e. The maximum atomic E-state index is 6.23. The lowest BCUT2D eigenvalue weighted by Crippen LogP contribution is -2.18. The normalized spacial score (nSPS) is 16.6. The first-order chi connectivity index (χ1) is 13.6. The predicted molar refractivity (Wildman–Crippen MR) is 126 cm³/mol. The van der Waals surface area contributed by atoms with Crippen LogP contribution < -0.4 is 5.01 Å². The molecule has 0 radical (unpaired) electrons. The van der Waals surface area contributed by atoms with E-state index in [0.717, 1.165) is 32.3 Å². The van der Waals surface area contributed by atoms with E-state index in [4.69, 9.17) is 16.7 Å². The summed E-state index contributed by atoms with van der Waals surface area (Å²) in [6.45, 7) is 0. The van der Waals surface area contributed by atoms with E-state index in [1.807, 2.05) is 36.4 Å².